The lowest BCUT2D eigenvalue weighted by Crippen LogP contribution is -2.12. The van der Waals surface area contributed by atoms with Crippen molar-refractivity contribution in [1.82, 2.24) is 30.2 Å². The molecule has 0 amide bonds. The number of benzene rings is 3. The molecular formula is C23H20N8O4S. The topological polar surface area (TPSA) is 160 Å². The number of primary sulfonamides is 1. The number of sulfonamides is 1. The van der Waals surface area contributed by atoms with Crippen LogP contribution in [0.25, 0.3) is 28.2 Å². The molecule has 0 bridgehead atoms. The van der Waals surface area contributed by atoms with Gasteiger partial charge in [0.2, 0.25) is 21.7 Å². The molecule has 3 N–H and O–H groups in total. The molecule has 36 heavy (non-hydrogen) atoms. The van der Waals surface area contributed by atoms with Crippen LogP contribution in [-0.4, -0.2) is 52.8 Å². The highest BCUT2D eigenvalue weighted by Gasteiger charge is 2.17. The third-order valence-electron chi connectivity index (χ3n) is 5.19. The number of anilines is 2. The minimum atomic E-state index is -3.89. The van der Waals surface area contributed by atoms with Crippen molar-refractivity contribution in [2.75, 3.05) is 19.5 Å². The van der Waals surface area contributed by atoms with Gasteiger partial charge in [-0.1, -0.05) is 24.3 Å². The van der Waals surface area contributed by atoms with Crippen LogP contribution in [0.3, 0.4) is 0 Å². The van der Waals surface area contributed by atoms with Crippen molar-refractivity contribution in [3.8, 4) is 28.7 Å². The van der Waals surface area contributed by atoms with Crippen molar-refractivity contribution in [2.24, 2.45) is 5.14 Å². The molecule has 0 aliphatic heterocycles. The second-order valence-electron chi connectivity index (χ2n) is 7.59. The van der Waals surface area contributed by atoms with Gasteiger partial charge in [0, 0.05) is 29.4 Å². The van der Waals surface area contributed by atoms with Gasteiger partial charge in [0.1, 0.15) is 11.5 Å². The number of ether oxygens (including phenoxy) is 2. The van der Waals surface area contributed by atoms with E-state index in [-0.39, 0.29) is 16.5 Å². The van der Waals surface area contributed by atoms with Gasteiger partial charge in [-0.3, -0.25) is 0 Å². The van der Waals surface area contributed by atoms with E-state index in [0.717, 1.165) is 0 Å². The number of nitrogens with zero attached hydrogens (tertiary/aromatic N) is 6. The zero-order valence-corrected chi connectivity index (χ0v) is 20.0. The molecular weight excluding hydrogens is 484 g/mol. The molecule has 0 unspecified atom stereocenters. The predicted molar refractivity (Wildman–Crippen MR) is 132 cm³/mol. The molecule has 0 spiro atoms. The van der Waals surface area contributed by atoms with Gasteiger partial charge in [0.05, 0.1) is 30.1 Å². The standard InChI is InChI=1S/C23H20N8O4S/c1-34-16-11-15(12-17(13-16)35-2)25-22-23(27-20-9-4-3-8-19(20)26-22)31-29-21(28-30-31)14-6-5-7-18(10-14)36(24,32)33/h3-13H,1-2H3,(H,25,26)(H2,24,32,33). The van der Waals surface area contributed by atoms with Gasteiger partial charge in [0.25, 0.3) is 0 Å². The fraction of sp³-hybridized carbons (Fsp3) is 0.0870. The molecule has 182 valence electrons. The molecule has 0 fully saturated rings. The third-order valence-corrected chi connectivity index (χ3v) is 6.10. The molecule has 0 saturated carbocycles. The Kier molecular flexibility index (Phi) is 5.91. The van der Waals surface area contributed by atoms with Gasteiger partial charge >= 0.3 is 0 Å². The summed E-state index contributed by atoms with van der Waals surface area (Å²) < 4.78 is 34.2. The molecule has 5 rings (SSSR count). The maximum atomic E-state index is 11.7. The highest BCUT2D eigenvalue weighted by molar-refractivity contribution is 7.89. The molecule has 5 aromatic rings. The van der Waals surface area contributed by atoms with Gasteiger partial charge in [0.15, 0.2) is 5.82 Å². The number of rotatable bonds is 7. The average molecular weight is 505 g/mol. The summed E-state index contributed by atoms with van der Waals surface area (Å²) in [6, 6.07) is 18.6. The van der Waals surface area contributed by atoms with Crippen LogP contribution >= 0.6 is 0 Å². The second-order valence-corrected chi connectivity index (χ2v) is 9.15. The largest absolute Gasteiger partial charge is 0.497 e. The maximum Gasteiger partial charge on any atom is 0.238 e. The van der Waals surface area contributed by atoms with E-state index in [1.165, 1.54) is 16.9 Å². The molecule has 3 aromatic carbocycles. The first kappa shape index (κ1) is 23.1. The normalized spacial score (nSPS) is 11.4. The first-order chi connectivity index (χ1) is 17.3. The number of nitrogens with one attached hydrogen (secondary N) is 1. The van der Waals surface area contributed by atoms with Crippen molar-refractivity contribution < 1.29 is 17.9 Å². The number of tetrazole rings is 1. The molecule has 2 heterocycles. The van der Waals surface area contributed by atoms with Crippen LogP contribution in [0, 0.1) is 0 Å². The summed E-state index contributed by atoms with van der Waals surface area (Å²) in [7, 11) is -0.769. The maximum absolute atomic E-state index is 11.7. The SMILES string of the molecule is COc1cc(Nc2nc3ccccc3nc2-n2nnc(-c3cccc(S(N)(=O)=O)c3)n2)cc(OC)c1. The van der Waals surface area contributed by atoms with Gasteiger partial charge in [-0.15, -0.1) is 15.0 Å². The van der Waals surface area contributed by atoms with Crippen LogP contribution in [0.1, 0.15) is 0 Å². The number of hydrogen-bond acceptors (Lipinski definition) is 10. The molecule has 2 aromatic heterocycles. The molecule has 0 aliphatic carbocycles. The quantitative estimate of drug-likeness (QED) is 0.337. The fourth-order valence-electron chi connectivity index (χ4n) is 3.46. The first-order valence-corrected chi connectivity index (χ1v) is 12.1. The van der Waals surface area contributed by atoms with E-state index >= 15 is 0 Å². The smallest absolute Gasteiger partial charge is 0.238 e. The van der Waals surface area contributed by atoms with Gasteiger partial charge < -0.3 is 14.8 Å². The summed E-state index contributed by atoms with van der Waals surface area (Å²) in [5, 5.41) is 21.1. The van der Waals surface area contributed by atoms with E-state index in [4.69, 9.17) is 19.6 Å². The van der Waals surface area contributed by atoms with Gasteiger partial charge in [-0.25, -0.2) is 23.5 Å². The van der Waals surface area contributed by atoms with E-state index in [2.05, 4.69) is 25.7 Å². The number of methoxy groups -OCH3 is 2. The molecule has 13 heteroatoms. The summed E-state index contributed by atoms with van der Waals surface area (Å²) >= 11 is 0. The Hall–Kier alpha value is -4.62. The van der Waals surface area contributed by atoms with Crippen LogP contribution in [0.4, 0.5) is 11.5 Å². The van der Waals surface area contributed by atoms with Crippen molar-refractivity contribution in [3.63, 3.8) is 0 Å². The van der Waals surface area contributed by atoms with Crippen LogP contribution in [-0.2, 0) is 10.0 Å². The lowest BCUT2D eigenvalue weighted by atomic mass is 10.2. The Morgan fingerprint density at radius 1 is 0.889 bits per heavy atom. The lowest BCUT2D eigenvalue weighted by molar-refractivity contribution is 0.395. The Morgan fingerprint density at radius 2 is 1.58 bits per heavy atom. The van der Waals surface area contributed by atoms with Crippen molar-refractivity contribution in [1.29, 1.82) is 0 Å². The van der Waals surface area contributed by atoms with E-state index in [9.17, 15) is 8.42 Å². The number of para-hydroxylation sites is 2. The number of hydrogen-bond donors (Lipinski definition) is 2. The molecule has 0 aliphatic rings. The molecule has 0 atom stereocenters. The Balaban J connectivity index is 1.60. The first-order valence-electron chi connectivity index (χ1n) is 10.5. The number of nitrogens with two attached hydrogens (primary N) is 1. The Morgan fingerprint density at radius 3 is 2.25 bits per heavy atom. The minimum absolute atomic E-state index is 0.0591. The van der Waals surface area contributed by atoms with Crippen LogP contribution < -0.4 is 19.9 Å². The van der Waals surface area contributed by atoms with Crippen LogP contribution in [0.5, 0.6) is 11.5 Å². The van der Waals surface area contributed by atoms with E-state index in [0.29, 0.717) is 39.6 Å². The minimum Gasteiger partial charge on any atom is -0.497 e. The van der Waals surface area contributed by atoms with Crippen molar-refractivity contribution in [3.05, 3.63) is 66.7 Å². The average Bonchev–Trinajstić information content (AvgIpc) is 3.38. The third kappa shape index (κ3) is 4.64. The van der Waals surface area contributed by atoms with E-state index in [1.54, 1.807) is 44.6 Å². The highest BCUT2D eigenvalue weighted by atomic mass is 32.2. The summed E-state index contributed by atoms with van der Waals surface area (Å²) in [5.74, 6) is 1.98. The predicted octanol–water partition coefficient (Wildman–Crippen LogP) is 2.68. The number of fused-ring (bicyclic) bond motifs is 1. The Bertz CT molecular complexity index is 1660. The van der Waals surface area contributed by atoms with Gasteiger partial charge in [-0.05, 0) is 29.5 Å². The fourth-order valence-corrected chi connectivity index (χ4v) is 4.02. The summed E-state index contributed by atoms with van der Waals surface area (Å²) in [6.45, 7) is 0. The summed E-state index contributed by atoms with van der Waals surface area (Å²) in [5.41, 5.74) is 2.34. The zero-order chi connectivity index (χ0) is 25.3. The van der Waals surface area contributed by atoms with E-state index in [1.807, 2.05) is 24.3 Å². The number of aromatic nitrogens is 6. The van der Waals surface area contributed by atoms with Crippen molar-refractivity contribution in [2.45, 2.75) is 4.90 Å². The second kappa shape index (κ2) is 9.20. The monoisotopic (exact) mass is 504 g/mol. The van der Waals surface area contributed by atoms with Crippen LogP contribution in [0.15, 0.2) is 71.6 Å². The Labute approximate surface area is 205 Å². The lowest BCUT2D eigenvalue weighted by Gasteiger charge is -2.13. The van der Waals surface area contributed by atoms with E-state index < -0.39 is 10.0 Å². The molecule has 0 saturated heterocycles. The van der Waals surface area contributed by atoms with Gasteiger partial charge in [-0.2, -0.15) is 0 Å². The molecule has 12 nitrogen and oxygen atoms in total. The van der Waals surface area contributed by atoms with Crippen LogP contribution in [0.2, 0.25) is 0 Å². The highest BCUT2D eigenvalue weighted by Crippen LogP contribution is 2.30. The molecule has 0 radical (unpaired) electrons. The summed E-state index contributed by atoms with van der Waals surface area (Å²) in [4.78, 5) is 10.6. The van der Waals surface area contributed by atoms with Crippen molar-refractivity contribution >= 4 is 32.6 Å². The summed E-state index contributed by atoms with van der Waals surface area (Å²) in [6.07, 6.45) is 0. The zero-order valence-electron chi connectivity index (χ0n) is 19.2.